The molecule has 0 unspecified atom stereocenters. The topological polar surface area (TPSA) is 69.6 Å². The van der Waals surface area contributed by atoms with Crippen molar-refractivity contribution in [3.8, 4) is 22.6 Å². The molecule has 1 fully saturated rings. The van der Waals surface area contributed by atoms with Gasteiger partial charge in [0.25, 0.3) is 0 Å². The number of benzene rings is 2. The third kappa shape index (κ3) is 4.15. The lowest BCUT2D eigenvalue weighted by Gasteiger charge is -2.23. The zero-order chi connectivity index (χ0) is 17.8. The summed E-state index contributed by atoms with van der Waals surface area (Å²) in [7, 11) is 0. The summed E-state index contributed by atoms with van der Waals surface area (Å²) in [5.41, 5.74) is 1.97. The molecule has 2 aromatic rings. The Labute approximate surface area is 156 Å². The van der Waals surface area contributed by atoms with Crippen molar-refractivity contribution in [1.29, 1.82) is 0 Å². The zero-order valence-corrected chi connectivity index (χ0v) is 15.6. The van der Waals surface area contributed by atoms with E-state index in [1.165, 1.54) is 12.5 Å². The number of amides is 1. The predicted octanol–water partition coefficient (Wildman–Crippen LogP) is 4.52. The molecule has 3 N–H and O–H groups in total. The standard InChI is InChI=1S/C20H22BrNO3/c21-20-15(11-18(25)22-14-9-5-2-6-10-14)19(16(23)12-17(20)24)13-7-3-1-4-8-13/h1,3-4,7-8,12,14,23-24H,2,5-6,9-11H2,(H,22,25). The van der Waals surface area contributed by atoms with E-state index in [0.717, 1.165) is 31.2 Å². The second-order valence-corrected chi connectivity index (χ2v) is 7.32. The minimum Gasteiger partial charge on any atom is -0.507 e. The maximum Gasteiger partial charge on any atom is 0.224 e. The van der Waals surface area contributed by atoms with Gasteiger partial charge in [0.1, 0.15) is 11.5 Å². The quantitative estimate of drug-likeness (QED) is 0.702. The summed E-state index contributed by atoms with van der Waals surface area (Å²) in [6.45, 7) is 0. The molecule has 2 aromatic carbocycles. The first-order valence-electron chi connectivity index (χ1n) is 8.64. The average molecular weight is 404 g/mol. The Balaban J connectivity index is 1.90. The Morgan fingerprint density at radius 2 is 1.76 bits per heavy atom. The second kappa shape index (κ2) is 7.91. The van der Waals surface area contributed by atoms with Crippen molar-refractivity contribution in [1.82, 2.24) is 5.32 Å². The van der Waals surface area contributed by atoms with Gasteiger partial charge in [0.15, 0.2) is 0 Å². The molecular weight excluding hydrogens is 382 g/mol. The Morgan fingerprint density at radius 1 is 1.08 bits per heavy atom. The lowest BCUT2D eigenvalue weighted by atomic mass is 9.94. The zero-order valence-electron chi connectivity index (χ0n) is 14.0. The number of rotatable bonds is 4. The first kappa shape index (κ1) is 17.8. The fourth-order valence-corrected chi connectivity index (χ4v) is 3.92. The van der Waals surface area contributed by atoms with Gasteiger partial charge >= 0.3 is 0 Å². The fourth-order valence-electron chi connectivity index (χ4n) is 3.46. The molecule has 0 aliphatic heterocycles. The van der Waals surface area contributed by atoms with Gasteiger partial charge in [-0.25, -0.2) is 0 Å². The summed E-state index contributed by atoms with van der Waals surface area (Å²) in [5, 5.41) is 23.5. The van der Waals surface area contributed by atoms with Crippen molar-refractivity contribution in [2.24, 2.45) is 0 Å². The maximum absolute atomic E-state index is 12.5. The van der Waals surface area contributed by atoms with E-state index in [1.807, 2.05) is 30.3 Å². The van der Waals surface area contributed by atoms with Crippen LogP contribution in [0.4, 0.5) is 0 Å². The molecule has 0 saturated heterocycles. The maximum atomic E-state index is 12.5. The van der Waals surface area contributed by atoms with E-state index < -0.39 is 0 Å². The highest BCUT2D eigenvalue weighted by atomic mass is 79.9. The van der Waals surface area contributed by atoms with Crippen molar-refractivity contribution in [2.75, 3.05) is 0 Å². The van der Waals surface area contributed by atoms with E-state index in [4.69, 9.17) is 0 Å². The van der Waals surface area contributed by atoms with E-state index in [0.29, 0.717) is 15.6 Å². The molecule has 1 saturated carbocycles. The van der Waals surface area contributed by atoms with Gasteiger partial charge in [-0.2, -0.15) is 0 Å². The first-order chi connectivity index (χ1) is 12.1. The van der Waals surface area contributed by atoms with Gasteiger partial charge in [0, 0.05) is 17.7 Å². The van der Waals surface area contributed by atoms with Gasteiger partial charge < -0.3 is 15.5 Å². The Hall–Kier alpha value is -2.01. The van der Waals surface area contributed by atoms with E-state index >= 15 is 0 Å². The summed E-state index contributed by atoms with van der Waals surface area (Å²) in [6.07, 6.45) is 5.67. The van der Waals surface area contributed by atoms with Gasteiger partial charge in [-0.3, -0.25) is 4.79 Å². The van der Waals surface area contributed by atoms with E-state index in [-0.39, 0.29) is 29.9 Å². The number of nitrogens with one attached hydrogen (secondary N) is 1. The van der Waals surface area contributed by atoms with Crippen LogP contribution in [0.3, 0.4) is 0 Å². The number of halogens is 1. The average Bonchev–Trinajstić information content (AvgIpc) is 2.61. The Bertz CT molecular complexity index is 755. The van der Waals surface area contributed by atoms with Crippen LogP contribution >= 0.6 is 15.9 Å². The van der Waals surface area contributed by atoms with Crippen molar-refractivity contribution in [2.45, 2.75) is 44.6 Å². The predicted molar refractivity (Wildman–Crippen MR) is 102 cm³/mol. The molecule has 0 heterocycles. The summed E-state index contributed by atoms with van der Waals surface area (Å²) in [5.74, 6) is -0.195. The van der Waals surface area contributed by atoms with E-state index in [2.05, 4.69) is 21.2 Å². The number of hydrogen-bond donors (Lipinski definition) is 3. The monoisotopic (exact) mass is 403 g/mol. The highest BCUT2D eigenvalue weighted by molar-refractivity contribution is 9.10. The summed E-state index contributed by atoms with van der Waals surface area (Å²) >= 11 is 3.38. The number of aromatic hydroxyl groups is 2. The summed E-state index contributed by atoms with van der Waals surface area (Å²) < 4.78 is 0.447. The molecule has 0 radical (unpaired) electrons. The number of carbonyl (C=O) groups is 1. The number of hydrogen-bond acceptors (Lipinski definition) is 3. The molecular formula is C20H22BrNO3. The highest BCUT2D eigenvalue weighted by Gasteiger charge is 2.22. The molecule has 0 aromatic heterocycles. The molecule has 4 nitrogen and oxygen atoms in total. The van der Waals surface area contributed by atoms with Crippen LogP contribution in [0.2, 0.25) is 0 Å². The van der Waals surface area contributed by atoms with Gasteiger partial charge in [-0.1, -0.05) is 49.6 Å². The third-order valence-electron chi connectivity index (χ3n) is 4.69. The minimum atomic E-state index is -0.0882. The van der Waals surface area contributed by atoms with Crippen LogP contribution in [0.5, 0.6) is 11.5 Å². The lowest BCUT2D eigenvalue weighted by molar-refractivity contribution is -0.121. The number of phenols is 2. The van der Waals surface area contributed by atoms with Crippen LogP contribution in [0.15, 0.2) is 40.9 Å². The molecule has 5 heteroatoms. The molecule has 0 bridgehead atoms. The first-order valence-corrected chi connectivity index (χ1v) is 9.43. The van der Waals surface area contributed by atoms with Crippen molar-refractivity contribution in [3.05, 3.63) is 46.4 Å². The van der Waals surface area contributed by atoms with Gasteiger partial charge in [0.05, 0.1) is 10.9 Å². The van der Waals surface area contributed by atoms with Crippen LogP contribution in [-0.4, -0.2) is 22.2 Å². The Morgan fingerprint density at radius 3 is 2.44 bits per heavy atom. The van der Waals surface area contributed by atoms with Crippen molar-refractivity contribution in [3.63, 3.8) is 0 Å². The highest BCUT2D eigenvalue weighted by Crippen LogP contribution is 2.42. The fraction of sp³-hybridized carbons (Fsp3) is 0.350. The third-order valence-corrected chi connectivity index (χ3v) is 5.58. The van der Waals surface area contributed by atoms with Crippen molar-refractivity contribution >= 4 is 21.8 Å². The van der Waals surface area contributed by atoms with E-state index in [1.54, 1.807) is 0 Å². The van der Waals surface area contributed by atoms with Crippen LogP contribution < -0.4 is 5.32 Å². The van der Waals surface area contributed by atoms with Crippen LogP contribution in [0.25, 0.3) is 11.1 Å². The largest absolute Gasteiger partial charge is 0.507 e. The molecule has 1 aliphatic carbocycles. The van der Waals surface area contributed by atoms with Crippen LogP contribution in [0, 0.1) is 0 Å². The summed E-state index contributed by atoms with van der Waals surface area (Å²) in [4.78, 5) is 12.5. The lowest BCUT2D eigenvalue weighted by Crippen LogP contribution is -2.37. The summed E-state index contributed by atoms with van der Waals surface area (Å²) in [6, 6.07) is 10.9. The smallest absolute Gasteiger partial charge is 0.224 e. The normalized spacial score (nSPS) is 15.1. The molecule has 132 valence electrons. The van der Waals surface area contributed by atoms with Gasteiger partial charge in [-0.15, -0.1) is 0 Å². The molecule has 25 heavy (non-hydrogen) atoms. The van der Waals surface area contributed by atoms with Gasteiger partial charge in [-0.05, 0) is 39.9 Å². The molecule has 1 aliphatic rings. The van der Waals surface area contributed by atoms with Crippen LogP contribution in [-0.2, 0) is 11.2 Å². The molecule has 0 spiro atoms. The van der Waals surface area contributed by atoms with E-state index in [9.17, 15) is 15.0 Å². The second-order valence-electron chi connectivity index (χ2n) is 6.53. The number of carbonyl (C=O) groups excluding carboxylic acids is 1. The SMILES string of the molecule is O=C(Cc1c(Br)c(O)cc(O)c1-c1ccccc1)NC1CCCCC1. The van der Waals surface area contributed by atoms with Crippen molar-refractivity contribution < 1.29 is 15.0 Å². The number of phenolic OH excluding ortho intramolecular Hbond substituents is 2. The van der Waals surface area contributed by atoms with Crippen LogP contribution in [0.1, 0.15) is 37.7 Å². The Kier molecular flexibility index (Phi) is 5.63. The van der Waals surface area contributed by atoms with Gasteiger partial charge in [0.2, 0.25) is 5.91 Å². The molecule has 0 atom stereocenters. The minimum absolute atomic E-state index is 0.0348. The molecule has 1 amide bonds. The molecule has 3 rings (SSSR count).